The molecule has 0 N–H and O–H groups in total. The zero-order valence-corrected chi connectivity index (χ0v) is 27.8. The third-order valence-corrected chi connectivity index (χ3v) is 9.34. The molecule has 0 bridgehead atoms. The minimum atomic E-state index is -0.561. The molecule has 0 atom stereocenters. The smallest absolute Gasteiger partial charge is 0.338 e. The number of hydrogen-bond donors (Lipinski definition) is 0. The maximum absolute atomic E-state index is 12.7. The quantitative estimate of drug-likeness (QED) is 0.0700. The van der Waals surface area contributed by atoms with Crippen LogP contribution < -0.4 is 0 Å². The van der Waals surface area contributed by atoms with E-state index in [9.17, 15) is 28.8 Å². The minimum Gasteiger partial charge on any atom is -0.462 e. The number of rotatable bonds is 15. The van der Waals surface area contributed by atoms with Crippen LogP contribution in [0.1, 0.15) is 126 Å². The Morgan fingerprint density at radius 1 is 0.360 bits per heavy atom. The van der Waals surface area contributed by atoms with Gasteiger partial charge in [-0.05, 0) is 71.5 Å². The predicted octanol–water partition coefficient (Wildman–Crippen LogP) is 8.69. The summed E-state index contributed by atoms with van der Waals surface area (Å²) < 4.78 is 11.0. The van der Waals surface area contributed by atoms with Gasteiger partial charge in [0.1, 0.15) is 0 Å². The fraction of sp³-hybridized carbons (Fsp3) is 0.286. The molecule has 4 aromatic carbocycles. The van der Waals surface area contributed by atoms with E-state index in [0.717, 1.165) is 64.2 Å². The van der Waals surface area contributed by atoms with E-state index in [4.69, 9.17) is 9.47 Å². The first-order chi connectivity index (χ1) is 24.3. The number of ketones is 4. The van der Waals surface area contributed by atoms with Crippen molar-refractivity contribution in [1.29, 1.82) is 0 Å². The fourth-order valence-electron chi connectivity index (χ4n) is 6.62. The Kier molecular flexibility index (Phi) is 10.9. The van der Waals surface area contributed by atoms with E-state index in [1.165, 1.54) is 12.1 Å². The van der Waals surface area contributed by atoms with Crippen LogP contribution in [0.25, 0.3) is 22.3 Å². The number of esters is 2. The van der Waals surface area contributed by atoms with Crippen LogP contribution in [0.2, 0.25) is 0 Å². The van der Waals surface area contributed by atoms with Crippen LogP contribution >= 0.6 is 0 Å². The molecule has 0 aromatic heterocycles. The van der Waals surface area contributed by atoms with Crippen LogP contribution in [0.4, 0.5) is 0 Å². The Balaban J connectivity index is 0.809. The summed E-state index contributed by atoms with van der Waals surface area (Å²) in [6, 6.07) is 23.3. The SMILES string of the molecule is O=C(OCCCCCCCCCCCCOC(=O)c1ccc2c(c1)-c1ccccc1C(=O)C2=O)c1ccc2c(c1)-c1ccccc1C(=O)C2=O. The molecule has 0 fully saturated rings. The molecule has 8 nitrogen and oxygen atoms in total. The summed E-state index contributed by atoms with van der Waals surface area (Å²) in [4.78, 5) is 75.2. The maximum atomic E-state index is 12.7. The number of hydrogen-bond acceptors (Lipinski definition) is 8. The molecule has 0 unspecified atom stereocenters. The predicted molar refractivity (Wildman–Crippen MR) is 188 cm³/mol. The van der Waals surface area contributed by atoms with E-state index in [1.807, 2.05) is 0 Å². The molecule has 8 heteroatoms. The average molecular weight is 671 g/mol. The van der Waals surface area contributed by atoms with Gasteiger partial charge in [-0.2, -0.15) is 0 Å². The van der Waals surface area contributed by atoms with E-state index in [1.54, 1.807) is 72.8 Å². The lowest BCUT2D eigenvalue weighted by Crippen LogP contribution is -2.21. The monoisotopic (exact) mass is 670 g/mol. The van der Waals surface area contributed by atoms with Crippen LogP contribution in [-0.2, 0) is 9.47 Å². The lowest BCUT2D eigenvalue weighted by molar-refractivity contribution is 0.0488. The van der Waals surface area contributed by atoms with E-state index < -0.39 is 35.1 Å². The highest BCUT2D eigenvalue weighted by atomic mass is 16.5. The molecule has 0 heterocycles. The Bertz CT molecular complexity index is 1840. The van der Waals surface area contributed by atoms with Gasteiger partial charge in [-0.1, -0.05) is 99.9 Å². The molecule has 0 spiro atoms. The topological polar surface area (TPSA) is 121 Å². The summed E-state index contributed by atoms with van der Waals surface area (Å²) >= 11 is 0. The molecule has 0 aliphatic heterocycles. The van der Waals surface area contributed by atoms with Crippen molar-refractivity contribution < 1.29 is 38.2 Å². The van der Waals surface area contributed by atoms with Gasteiger partial charge in [-0.3, -0.25) is 19.2 Å². The van der Waals surface area contributed by atoms with Gasteiger partial charge in [-0.15, -0.1) is 0 Å². The van der Waals surface area contributed by atoms with E-state index in [2.05, 4.69) is 0 Å². The second-order valence-corrected chi connectivity index (χ2v) is 12.7. The summed E-state index contributed by atoms with van der Waals surface area (Å²) in [5, 5.41) is 0. The van der Waals surface area contributed by atoms with Crippen molar-refractivity contribution in [2.45, 2.75) is 64.2 Å². The standard InChI is InChI=1S/C42H38O8/c43-37-31-17-11-9-15-29(31)35-25-27(19-21-33(35)39(37)45)41(47)49-23-13-7-5-3-1-2-4-6-8-14-24-50-42(48)28-20-22-34-36(26-28)30-16-10-12-18-32(30)38(44)40(34)46/h9-12,15-22,25-26H,1-8,13-14,23-24H2. The first-order valence-corrected chi connectivity index (χ1v) is 17.3. The van der Waals surface area contributed by atoms with Crippen LogP contribution in [0, 0.1) is 0 Å². The van der Waals surface area contributed by atoms with Crippen LogP contribution in [0.15, 0.2) is 84.9 Å². The van der Waals surface area contributed by atoms with Crippen molar-refractivity contribution in [3.8, 4) is 22.3 Å². The summed E-state index contributed by atoms with van der Waals surface area (Å²) in [7, 11) is 0. The van der Waals surface area contributed by atoms with Crippen molar-refractivity contribution in [3.63, 3.8) is 0 Å². The van der Waals surface area contributed by atoms with Gasteiger partial charge < -0.3 is 9.47 Å². The summed E-state index contributed by atoms with van der Waals surface area (Å²) in [6.07, 6.45) is 10.2. The van der Waals surface area contributed by atoms with Gasteiger partial charge in [0.2, 0.25) is 23.1 Å². The van der Waals surface area contributed by atoms with Crippen molar-refractivity contribution >= 4 is 35.1 Å². The molecule has 6 rings (SSSR count). The van der Waals surface area contributed by atoms with Crippen molar-refractivity contribution in [2.75, 3.05) is 13.2 Å². The summed E-state index contributed by atoms with van der Waals surface area (Å²) in [5.41, 5.74) is 4.51. The first kappa shape index (κ1) is 34.4. The van der Waals surface area contributed by atoms with Gasteiger partial charge in [0.15, 0.2) is 0 Å². The highest BCUT2D eigenvalue weighted by molar-refractivity contribution is 6.53. The second-order valence-electron chi connectivity index (χ2n) is 12.7. The first-order valence-electron chi connectivity index (χ1n) is 17.3. The third-order valence-electron chi connectivity index (χ3n) is 9.34. The highest BCUT2D eigenvalue weighted by Crippen LogP contribution is 2.35. The summed E-state index contributed by atoms with van der Waals surface area (Å²) in [5.74, 6) is -3.06. The van der Waals surface area contributed by atoms with E-state index in [0.29, 0.717) is 68.8 Å². The number of ether oxygens (including phenoxy) is 2. The molecule has 0 radical (unpaired) electrons. The maximum Gasteiger partial charge on any atom is 0.338 e. The highest BCUT2D eigenvalue weighted by Gasteiger charge is 2.32. The number of fused-ring (bicyclic) bond motifs is 6. The lowest BCUT2D eigenvalue weighted by atomic mass is 9.83. The van der Waals surface area contributed by atoms with Crippen LogP contribution in [-0.4, -0.2) is 48.3 Å². The molecule has 0 saturated heterocycles. The fourth-order valence-corrected chi connectivity index (χ4v) is 6.62. The van der Waals surface area contributed by atoms with Crippen molar-refractivity contribution in [1.82, 2.24) is 0 Å². The zero-order chi connectivity index (χ0) is 35.0. The number of carbonyl (C=O) groups is 6. The van der Waals surface area contributed by atoms with Crippen LogP contribution in [0.5, 0.6) is 0 Å². The second kappa shape index (κ2) is 15.8. The Labute approximate surface area is 290 Å². The largest absolute Gasteiger partial charge is 0.462 e. The Hall–Kier alpha value is -5.50. The van der Waals surface area contributed by atoms with Gasteiger partial charge in [0.05, 0.1) is 24.3 Å². The minimum absolute atomic E-state index is 0.308. The normalized spacial score (nSPS) is 12.9. The van der Waals surface area contributed by atoms with Crippen molar-refractivity contribution in [3.05, 3.63) is 118 Å². The number of carbonyl (C=O) groups excluding carboxylic acids is 6. The van der Waals surface area contributed by atoms with Gasteiger partial charge in [-0.25, -0.2) is 9.59 Å². The molecule has 0 saturated carbocycles. The third kappa shape index (κ3) is 7.39. The average Bonchev–Trinajstić information content (AvgIpc) is 3.15. The molecule has 2 aliphatic rings. The molecular formula is C42H38O8. The molecular weight excluding hydrogens is 632 g/mol. The van der Waals surface area contributed by atoms with Gasteiger partial charge in [0.25, 0.3) is 0 Å². The van der Waals surface area contributed by atoms with E-state index in [-0.39, 0.29) is 0 Å². The molecule has 50 heavy (non-hydrogen) atoms. The molecule has 4 aromatic rings. The Morgan fingerprint density at radius 3 is 1.02 bits per heavy atom. The number of unbranched alkanes of at least 4 members (excludes halogenated alkanes) is 9. The van der Waals surface area contributed by atoms with Gasteiger partial charge >= 0.3 is 11.9 Å². The van der Waals surface area contributed by atoms with Crippen LogP contribution in [0.3, 0.4) is 0 Å². The number of Topliss-reactive ketones (excluding diaryl/α,β-unsaturated/α-hetero) is 4. The number of benzene rings is 4. The zero-order valence-electron chi connectivity index (χ0n) is 27.8. The van der Waals surface area contributed by atoms with E-state index >= 15 is 0 Å². The molecule has 0 amide bonds. The van der Waals surface area contributed by atoms with Gasteiger partial charge in [0, 0.05) is 22.3 Å². The summed E-state index contributed by atoms with van der Waals surface area (Å²) in [6.45, 7) is 0.658. The lowest BCUT2D eigenvalue weighted by Gasteiger charge is -2.18. The molecule has 254 valence electrons. The van der Waals surface area contributed by atoms with Crippen molar-refractivity contribution in [2.24, 2.45) is 0 Å². The Morgan fingerprint density at radius 2 is 0.660 bits per heavy atom. The molecule has 2 aliphatic carbocycles.